The quantitative estimate of drug-likeness (QED) is 0.410. The van der Waals surface area contributed by atoms with Crippen molar-refractivity contribution in [1.29, 1.82) is 5.26 Å². The van der Waals surface area contributed by atoms with Gasteiger partial charge in [0.2, 0.25) is 0 Å². The first-order chi connectivity index (χ1) is 16.6. The minimum atomic E-state index is -4.52. The summed E-state index contributed by atoms with van der Waals surface area (Å²) in [5.74, 6) is 0.232. The predicted octanol–water partition coefficient (Wildman–Crippen LogP) is 5.90. The van der Waals surface area contributed by atoms with E-state index in [1.165, 1.54) is 34.3 Å². The molecule has 2 heterocycles. The van der Waals surface area contributed by atoms with Gasteiger partial charge in [0.05, 0.1) is 42.2 Å². The molecule has 36 heavy (non-hydrogen) atoms. The van der Waals surface area contributed by atoms with E-state index in [1.807, 2.05) is 6.07 Å². The number of nitriles is 1. The molecule has 0 saturated heterocycles. The lowest BCUT2D eigenvalue weighted by molar-refractivity contribution is -0.137. The molecule has 0 atom stereocenters. The summed E-state index contributed by atoms with van der Waals surface area (Å²) in [6.45, 7) is 11.4. The molecule has 1 aromatic heterocycles. The second kappa shape index (κ2) is 10.6. The van der Waals surface area contributed by atoms with Crippen LogP contribution in [0, 0.1) is 11.3 Å². The third kappa shape index (κ3) is 6.34. The van der Waals surface area contributed by atoms with Crippen molar-refractivity contribution in [2.45, 2.75) is 62.3 Å². The van der Waals surface area contributed by atoms with E-state index < -0.39 is 20.1 Å². The second-order valence-corrected chi connectivity index (χ2v) is 16.8. The second-order valence-electron chi connectivity index (χ2n) is 9.76. The van der Waals surface area contributed by atoms with Gasteiger partial charge in [0.15, 0.2) is 12.7 Å². The molecule has 1 aliphatic rings. The van der Waals surface area contributed by atoms with Crippen molar-refractivity contribution in [3.8, 4) is 6.07 Å². The molecular formula is C23H28F3N5O2S2Si. The van der Waals surface area contributed by atoms with E-state index in [4.69, 9.17) is 4.43 Å². The molecule has 0 N–H and O–H groups in total. The number of halogens is 3. The summed E-state index contributed by atoms with van der Waals surface area (Å²) in [5.41, 5.74) is -0.133. The van der Waals surface area contributed by atoms with Gasteiger partial charge >= 0.3 is 6.18 Å². The SMILES string of the molecule is CN1N=C(SCc2ccc(C(F)(F)F)cc2C#N)Sc2c1cnn(CCO[Si](C)(C)C(C)(C)C)c2=O. The number of hydrogen-bond acceptors (Lipinski definition) is 8. The number of hydrazone groups is 1. The molecule has 2 aromatic rings. The van der Waals surface area contributed by atoms with Crippen LogP contribution in [0.15, 0.2) is 39.2 Å². The number of hydrogen-bond donors (Lipinski definition) is 0. The van der Waals surface area contributed by atoms with E-state index in [0.717, 1.165) is 12.1 Å². The van der Waals surface area contributed by atoms with Crippen LogP contribution in [-0.2, 0) is 22.9 Å². The van der Waals surface area contributed by atoms with Gasteiger partial charge in [-0.25, -0.2) is 4.68 Å². The van der Waals surface area contributed by atoms with E-state index in [2.05, 4.69) is 44.1 Å². The minimum absolute atomic E-state index is 0.0409. The fourth-order valence-electron chi connectivity index (χ4n) is 3.02. The van der Waals surface area contributed by atoms with Gasteiger partial charge in [-0.1, -0.05) is 50.4 Å². The van der Waals surface area contributed by atoms with Crippen LogP contribution in [0.3, 0.4) is 0 Å². The average molecular weight is 556 g/mol. The molecule has 1 aliphatic heterocycles. The Hall–Kier alpha value is -2.27. The number of thioether (sulfide) groups is 2. The first-order valence-corrected chi connectivity index (χ1v) is 15.8. The Balaban J connectivity index is 1.72. The first-order valence-electron chi connectivity index (χ1n) is 11.1. The van der Waals surface area contributed by atoms with Gasteiger partial charge in [0.25, 0.3) is 5.56 Å². The molecule has 0 aliphatic carbocycles. The van der Waals surface area contributed by atoms with Crippen LogP contribution < -0.4 is 10.6 Å². The lowest BCUT2D eigenvalue weighted by Gasteiger charge is -2.36. The Bertz CT molecular complexity index is 1270. The van der Waals surface area contributed by atoms with Crippen LogP contribution in [0.4, 0.5) is 18.9 Å². The van der Waals surface area contributed by atoms with Crippen molar-refractivity contribution >= 4 is 41.9 Å². The summed E-state index contributed by atoms with van der Waals surface area (Å²) in [7, 11) is -0.258. The molecule has 0 radical (unpaired) electrons. The maximum absolute atomic E-state index is 13.2. The van der Waals surface area contributed by atoms with Gasteiger partial charge in [0, 0.05) is 12.8 Å². The van der Waals surface area contributed by atoms with Crippen LogP contribution in [0.2, 0.25) is 18.1 Å². The zero-order chi connectivity index (χ0) is 26.9. The zero-order valence-electron chi connectivity index (χ0n) is 20.9. The maximum Gasteiger partial charge on any atom is 0.416 e. The van der Waals surface area contributed by atoms with Gasteiger partial charge in [0.1, 0.15) is 4.90 Å². The fourth-order valence-corrected chi connectivity index (χ4v) is 6.24. The number of anilines is 1. The summed E-state index contributed by atoms with van der Waals surface area (Å²) in [5, 5.41) is 19.7. The van der Waals surface area contributed by atoms with Crippen LogP contribution in [-0.4, -0.2) is 36.1 Å². The lowest BCUT2D eigenvalue weighted by atomic mass is 10.1. The molecule has 0 unspecified atom stereocenters. The third-order valence-corrected chi connectivity index (χ3v) is 13.0. The highest BCUT2D eigenvalue weighted by Gasteiger charge is 2.37. The smallest absolute Gasteiger partial charge is 0.415 e. The topological polar surface area (TPSA) is 83.5 Å². The predicted molar refractivity (Wildman–Crippen MR) is 141 cm³/mol. The Morgan fingerprint density at radius 3 is 2.56 bits per heavy atom. The van der Waals surface area contributed by atoms with Gasteiger partial charge in [-0.15, -0.1) is 0 Å². The molecule has 0 amide bonds. The Morgan fingerprint density at radius 2 is 1.94 bits per heavy atom. The number of alkyl halides is 3. The standard InChI is InChI=1S/C23H28F3N5O2S2Si/c1-22(2,3)36(5,6)33-10-9-31-20(32)19-18(13-28-31)30(4)29-21(35-19)34-14-15-7-8-17(23(24,25)26)11-16(15)12-27/h7-8,11,13H,9-10,14H2,1-6H3. The van der Waals surface area contributed by atoms with Crippen molar-refractivity contribution < 1.29 is 17.6 Å². The molecule has 0 fully saturated rings. The summed E-state index contributed by atoms with van der Waals surface area (Å²) >= 11 is 2.44. The molecule has 13 heteroatoms. The van der Waals surface area contributed by atoms with Crippen LogP contribution in [0.5, 0.6) is 0 Å². The summed E-state index contributed by atoms with van der Waals surface area (Å²) in [6.07, 6.45) is -2.93. The number of aromatic nitrogens is 2. The van der Waals surface area contributed by atoms with Crippen molar-refractivity contribution in [1.82, 2.24) is 9.78 Å². The normalized spacial score (nSPS) is 14.3. The molecule has 7 nitrogen and oxygen atoms in total. The molecule has 3 rings (SSSR count). The van der Waals surface area contributed by atoms with Crippen LogP contribution >= 0.6 is 23.5 Å². The Morgan fingerprint density at radius 1 is 1.25 bits per heavy atom. The van der Waals surface area contributed by atoms with Gasteiger partial charge in [-0.2, -0.15) is 28.6 Å². The van der Waals surface area contributed by atoms with Crippen molar-refractivity contribution in [3.63, 3.8) is 0 Å². The van der Waals surface area contributed by atoms with Gasteiger partial charge in [-0.3, -0.25) is 9.80 Å². The number of benzene rings is 1. The third-order valence-electron chi connectivity index (χ3n) is 6.23. The first kappa shape index (κ1) is 28.3. The minimum Gasteiger partial charge on any atom is -0.415 e. The Kier molecular flexibility index (Phi) is 8.34. The van der Waals surface area contributed by atoms with Crippen molar-refractivity contribution in [2.75, 3.05) is 18.7 Å². The maximum atomic E-state index is 13.2. The van der Waals surface area contributed by atoms with E-state index >= 15 is 0 Å². The monoisotopic (exact) mass is 555 g/mol. The largest absolute Gasteiger partial charge is 0.416 e. The van der Waals surface area contributed by atoms with Crippen LogP contribution in [0.25, 0.3) is 0 Å². The molecule has 0 saturated carbocycles. The molecule has 1 aromatic carbocycles. The highest BCUT2D eigenvalue weighted by atomic mass is 32.2. The number of fused-ring (bicyclic) bond motifs is 1. The summed E-state index contributed by atoms with van der Waals surface area (Å²) in [4.78, 5) is 13.6. The fraction of sp³-hybridized carbons (Fsp3) is 0.478. The van der Waals surface area contributed by atoms with E-state index in [-0.39, 0.29) is 21.9 Å². The Labute approximate surface area is 217 Å². The highest BCUT2D eigenvalue weighted by molar-refractivity contribution is 8.38. The van der Waals surface area contributed by atoms with E-state index in [1.54, 1.807) is 18.3 Å². The van der Waals surface area contributed by atoms with E-state index in [9.17, 15) is 23.2 Å². The summed E-state index contributed by atoms with van der Waals surface area (Å²) in [6, 6.07) is 4.95. The van der Waals surface area contributed by atoms with E-state index in [0.29, 0.717) is 33.7 Å². The van der Waals surface area contributed by atoms with Crippen LogP contribution in [0.1, 0.15) is 37.5 Å². The highest BCUT2D eigenvalue weighted by Crippen LogP contribution is 2.38. The number of nitrogens with zero attached hydrogens (tertiary/aromatic N) is 5. The molecular weight excluding hydrogens is 528 g/mol. The summed E-state index contributed by atoms with van der Waals surface area (Å²) < 4.78 is 47.0. The van der Waals surface area contributed by atoms with Gasteiger partial charge in [-0.05, 0) is 35.8 Å². The number of rotatable bonds is 6. The van der Waals surface area contributed by atoms with Crippen molar-refractivity contribution in [3.05, 3.63) is 51.4 Å². The molecule has 0 bridgehead atoms. The van der Waals surface area contributed by atoms with Crippen molar-refractivity contribution in [2.24, 2.45) is 5.10 Å². The zero-order valence-corrected chi connectivity index (χ0v) is 23.6. The average Bonchev–Trinajstić information content (AvgIpc) is 2.78. The molecule has 194 valence electrons. The van der Waals surface area contributed by atoms with Gasteiger partial charge < -0.3 is 4.43 Å². The lowest BCUT2D eigenvalue weighted by Crippen LogP contribution is -2.42. The molecule has 0 spiro atoms.